The van der Waals surface area contributed by atoms with Crippen LogP contribution in [-0.2, 0) is 16.1 Å². The number of hydrogen-bond donors (Lipinski definition) is 1. The third kappa shape index (κ3) is 4.25. The van der Waals surface area contributed by atoms with Gasteiger partial charge in [-0.15, -0.1) is 0 Å². The molecule has 1 heterocycles. The summed E-state index contributed by atoms with van der Waals surface area (Å²) in [5.41, 5.74) is 1.58. The van der Waals surface area contributed by atoms with Crippen LogP contribution in [0, 0.1) is 0 Å². The third-order valence-corrected chi connectivity index (χ3v) is 5.09. The van der Waals surface area contributed by atoms with Gasteiger partial charge in [-0.3, -0.25) is 4.79 Å². The number of rotatable bonds is 5. The average Bonchev–Trinajstić information content (AvgIpc) is 3.10. The van der Waals surface area contributed by atoms with E-state index < -0.39 is 24.0 Å². The number of carbonyl (C=O) groups excluding carboxylic acids is 1. The Kier molecular flexibility index (Phi) is 5.93. The number of benzene rings is 2. The maximum absolute atomic E-state index is 12.6. The topological polar surface area (TPSA) is 66.8 Å². The summed E-state index contributed by atoms with van der Waals surface area (Å²) >= 11 is 3.38. The highest BCUT2D eigenvalue weighted by atomic mass is 79.9. The Morgan fingerprint density at radius 1 is 1.19 bits per heavy atom. The summed E-state index contributed by atoms with van der Waals surface area (Å²) in [6.07, 6.45) is 0.949. The van der Waals surface area contributed by atoms with E-state index >= 15 is 0 Å². The zero-order valence-electron chi connectivity index (χ0n) is 14.2. The standard InChI is InChI=1S/C20H20BrNO4/c21-16-9-4-8-15(12-16)18(19(23)24)17-10-5-11-22(17)20(25)26-13-14-6-2-1-3-7-14/h1-4,6-9,12,17-18H,5,10-11,13H2,(H,23,24)/t17-,18+/m0/s1. The zero-order chi connectivity index (χ0) is 18.5. The quantitative estimate of drug-likeness (QED) is 0.781. The molecule has 1 aliphatic rings. The smallest absolute Gasteiger partial charge is 0.410 e. The Morgan fingerprint density at radius 3 is 2.65 bits per heavy atom. The van der Waals surface area contributed by atoms with Gasteiger partial charge in [0.1, 0.15) is 12.5 Å². The highest BCUT2D eigenvalue weighted by Gasteiger charge is 2.40. The first kappa shape index (κ1) is 18.5. The van der Waals surface area contributed by atoms with Crippen LogP contribution < -0.4 is 0 Å². The highest BCUT2D eigenvalue weighted by Crippen LogP contribution is 2.33. The number of likely N-dealkylation sites (tertiary alicyclic amines) is 1. The fraction of sp³-hybridized carbons (Fsp3) is 0.300. The second-order valence-electron chi connectivity index (χ2n) is 6.31. The monoisotopic (exact) mass is 417 g/mol. The van der Waals surface area contributed by atoms with Gasteiger partial charge in [-0.1, -0.05) is 58.4 Å². The van der Waals surface area contributed by atoms with Gasteiger partial charge in [-0.2, -0.15) is 0 Å². The van der Waals surface area contributed by atoms with Crippen molar-refractivity contribution in [1.29, 1.82) is 0 Å². The molecule has 1 aliphatic heterocycles. The number of nitrogens with zero attached hydrogens (tertiary/aromatic N) is 1. The van der Waals surface area contributed by atoms with Crippen molar-refractivity contribution in [3.8, 4) is 0 Å². The molecule has 0 saturated carbocycles. The predicted molar refractivity (Wildman–Crippen MR) is 101 cm³/mol. The van der Waals surface area contributed by atoms with Crippen molar-refractivity contribution in [2.24, 2.45) is 0 Å². The van der Waals surface area contributed by atoms with E-state index in [9.17, 15) is 14.7 Å². The van der Waals surface area contributed by atoms with Crippen molar-refractivity contribution in [2.75, 3.05) is 6.54 Å². The second kappa shape index (κ2) is 8.36. The molecule has 1 amide bonds. The molecule has 1 saturated heterocycles. The summed E-state index contributed by atoms with van der Waals surface area (Å²) in [7, 11) is 0. The van der Waals surface area contributed by atoms with E-state index in [1.807, 2.05) is 42.5 Å². The summed E-state index contributed by atoms with van der Waals surface area (Å²) in [4.78, 5) is 26.1. The van der Waals surface area contributed by atoms with E-state index in [4.69, 9.17) is 4.74 Å². The van der Waals surface area contributed by atoms with Gasteiger partial charge in [0.05, 0.1) is 6.04 Å². The lowest BCUT2D eigenvalue weighted by Gasteiger charge is -2.29. The molecule has 2 atom stereocenters. The molecule has 1 fully saturated rings. The molecule has 6 heteroatoms. The van der Waals surface area contributed by atoms with Crippen LogP contribution in [0.5, 0.6) is 0 Å². The molecule has 5 nitrogen and oxygen atoms in total. The number of halogens is 1. The number of carboxylic acid groups (broad SMARTS) is 1. The molecule has 2 aromatic carbocycles. The van der Waals surface area contributed by atoms with Gasteiger partial charge in [-0.25, -0.2) is 4.79 Å². The van der Waals surface area contributed by atoms with Gasteiger partial charge < -0.3 is 14.7 Å². The van der Waals surface area contributed by atoms with Crippen LogP contribution in [0.15, 0.2) is 59.1 Å². The Bertz CT molecular complexity index is 780. The number of carboxylic acids is 1. The van der Waals surface area contributed by atoms with Crippen LogP contribution in [-0.4, -0.2) is 34.7 Å². The van der Waals surface area contributed by atoms with Gasteiger partial charge in [0.15, 0.2) is 0 Å². The fourth-order valence-corrected chi connectivity index (χ4v) is 3.81. The molecule has 136 valence electrons. The Labute approximate surface area is 160 Å². The van der Waals surface area contributed by atoms with Crippen molar-refractivity contribution in [3.63, 3.8) is 0 Å². The zero-order valence-corrected chi connectivity index (χ0v) is 15.8. The van der Waals surface area contributed by atoms with E-state index in [1.54, 1.807) is 17.0 Å². The average molecular weight is 418 g/mol. The van der Waals surface area contributed by atoms with Crippen molar-refractivity contribution in [3.05, 3.63) is 70.2 Å². The minimum absolute atomic E-state index is 0.178. The van der Waals surface area contributed by atoms with E-state index in [0.29, 0.717) is 18.5 Å². The number of aliphatic carboxylic acids is 1. The van der Waals surface area contributed by atoms with Crippen LogP contribution in [0.2, 0.25) is 0 Å². The number of carbonyl (C=O) groups is 2. The molecule has 1 N–H and O–H groups in total. The number of hydrogen-bond acceptors (Lipinski definition) is 3. The van der Waals surface area contributed by atoms with Crippen LogP contribution in [0.25, 0.3) is 0 Å². The molecule has 3 rings (SSSR count). The van der Waals surface area contributed by atoms with Gasteiger partial charge in [0, 0.05) is 11.0 Å². The molecule has 0 unspecified atom stereocenters. The summed E-state index contributed by atoms with van der Waals surface area (Å²) < 4.78 is 6.23. The SMILES string of the molecule is O=C(O)[C@H](c1cccc(Br)c1)[C@@H]1CCCN1C(=O)OCc1ccccc1. The van der Waals surface area contributed by atoms with Crippen LogP contribution >= 0.6 is 15.9 Å². The molecule has 0 radical (unpaired) electrons. The number of amides is 1. The minimum Gasteiger partial charge on any atom is -0.481 e. The van der Waals surface area contributed by atoms with Crippen LogP contribution in [0.1, 0.15) is 29.9 Å². The predicted octanol–water partition coefficient (Wildman–Crippen LogP) is 4.42. The molecule has 26 heavy (non-hydrogen) atoms. The lowest BCUT2D eigenvalue weighted by Crippen LogP contribution is -2.42. The first-order valence-electron chi connectivity index (χ1n) is 8.52. The van der Waals surface area contributed by atoms with Crippen molar-refractivity contribution < 1.29 is 19.4 Å². The van der Waals surface area contributed by atoms with E-state index in [2.05, 4.69) is 15.9 Å². The summed E-state index contributed by atoms with van der Waals surface area (Å²) in [5.74, 6) is -1.71. The van der Waals surface area contributed by atoms with Gasteiger partial charge in [0.25, 0.3) is 0 Å². The van der Waals surface area contributed by atoms with Crippen LogP contribution in [0.3, 0.4) is 0 Å². The van der Waals surface area contributed by atoms with Gasteiger partial charge in [0.2, 0.25) is 0 Å². The Balaban J connectivity index is 1.75. The van der Waals surface area contributed by atoms with Crippen LogP contribution in [0.4, 0.5) is 4.79 Å². The highest BCUT2D eigenvalue weighted by molar-refractivity contribution is 9.10. The van der Waals surface area contributed by atoms with E-state index in [1.165, 1.54) is 0 Å². The molecular formula is C20H20BrNO4. The summed E-state index contributed by atoms with van der Waals surface area (Å²) in [6.45, 7) is 0.688. The van der Waals surface area contributed by atoms with E-state index in [-0.39, 0.29) is 6.61 Å². The first-order chi connectivity index (χ1) is 12.6. The third-order valence-electron chi connectivity index (χ3n) is 4.60. The maximum Gasteiger partial charge on any atom is 0.410 e. The molecule has 0 spiro atoms. The largest absolute Gasteiger partial charge is 0.481 e. The first-order valence-corrected chi connectivity index (χ1v) is 9.31. The van der Waals surface area contributed by atoms with Crippen molar-refractivity contribution in [2.45, 2.75) is 31.4 Å². The summed E-state index contributed by atoms with van der Waals surface area (Å²) in [5, 5.41) is 9.79. The maximum atomic E-state index is 12.6. The Hall–Kier alpha value is -2.34. The molecular weight excluding hydrogens is 398 g/mol. The lowest BCUT2D eigenvalue weighted by molar-refractivity contribution is -0.140. The normalized spacial score (nSPS) is 17.7. The molecule has 0 aromatic heterocycles. The van der Waals surface area contributed by atoms with E-state index in [0.717, 1.165) is 16.5 Å². The molecule has 0 aliphatic carbocycles. The summed E-state index contributed by atoms with van der Waals surface area (Å²) in [6, 6.07) is 16.3. The van der Waals surface area contributed by atoms with Gasteiger partial charge in [-0.05, 0) is 36.1 Å². The minimum atomic E-state index is -0.934. The second-order valence-corrected chi connectivity index (χ2v) is 7.23. The Morgan fingerprint density at radius 2 is 1.96 bits per heavy atom. The lowest BCUT2D eigenvalue weighted by atomic mass is 9.90. The fourth-order valence-electron chi connectivity index (χ4n) is 3.40. The van der Waals surface area contributed by atoms with Gasteiger partial charge >= 0.3 is 12.1 Å². The van der Waals surface area contributed by atoms with Crippen molar-refractivity contribution >= 4 is 28.0 Å². The van der Waals surface area contributed by atoms with Crippen molar-refractivity contribution in [1.82, 2.24) is 4.90 Å². The number of ether oxygens (including phenoxy) is 1. The molecule has 0 bridgehead atoms. The molecule has 2 aromatic rings.